The van der Waals surface area contributed by atoms with Crippen LogP contribution in [-0.4, -0.2) is 31.7 Å². The molecular weight excluding hydrogens is 276 g/mol. The molecule has 0 aliphatic heterocycles. The fourth-order valence-corrected chi connectivity index (χ4v) is 2.54. The molecule has 1 amide bonds. The van der Waals surface area contributed by atoms with Crippen LogP contribution in [0, 0.1) is 0 Å². The van der Waals surface area contributed by atoms with E-state index in [9.17, 15) is 13.2 Å². The number of carbonyl (C=O) groups is 1. The van der Waals surface area contributed by atoms with Gasteiger partial charge in [0, 0.05) is 17.6 Å². The number of hydrogen-bond acceptors (Lipinski definition) is 4. The summed E-state index contributed by atoms with van der Waals surface area (Å²) in [6.45, 7) is 7.22. The average molecular weight is 298 g/mol. The molecule has 1 aromatic rings. The van der Waals surface area contributed by atoms with Gasteiger partial charge in [0.1, 0.15) is 0 Å². The number of amides is 1. The fraction of sp³-hybridized carbons (Fsp3) is 0.500. The van der Waals surface area contributed by atoms with Gasteiger partial charge in [-0.2, -0.15) is 0 Å². The van der Waals surface area contributed by atoms with Crippen LogP contribution >= 0.6 is 0 Å². The van der Waals surface area contributed by atoms with Crippen molar-refractivity contribution in [2.45, 2.75) is 43.4 Å². The Morgan fingerprint density at radius 1 is 1.25 bits per heavy atom. The maximum atomic E-state index is 12.0. The maximum Gasteiger partial charge on any atom is 0.251 e. The summed E-state index contributed by atoms with van der Waals surface area (Å²) in [6, 6.07) is 5.93. The molecule has 0 unspecified atom stereocenters. The molecule has 6 heteroatoms. The summed E-state index contributed by atoms with van der Waals surface area (Å²) in [6.07, 6.45) is 0. The van der Waals surface area contributed by atoms with Gasteiger partial charge in [-0.3, -0.25) is 4.79 Å². The maximum absolute atomic E-state index is 12.0. The SMILES string of the molecule is CC(C)S(=O)(=O)c1ccc(C(=O)NCC(C)(C)N)cc1. The van der Waals surface area contributed by atoms with E-state index < -0.39 is 20.6 Å². The zero-order valence-corrected chi connectivity index (χ0v) is 13.1. The van der Waals surface area contributed by atoms with Gasteiger partial charge < -0.3 is 11.1 Å². The first kappa shape index (κ1) is 16.7. The number of sulfone groups is 1. The minimum Gasteiger partial charge on any atom is -0.350 e. The van der Waals surface area contributed by atoms with Crippen LogP contribution < -0.4 is 11.1 Å². The molecule has 5 nitrogen and oxygen atoms in total. The normalized spacial score (nSPS) is 12.5. The third-order valence-corrected chi connectivity index (χ3v) is 4.94. The van der Waals surface area contributed by atoms with Crippen LogP contribution in [0.3, 0.4) is 0 Å². The number of benzene rings is 1. The summed E-state index contributed by atoms with van der Waals surface area (Å²) in [7, 11) is -3.31. The highest BCUT2D eigenvalue weighted by molar-refractivity contribution is 7.92. The number of rotatable bonds is 5. The molecule has 0 bridgehead atoms. The van der Waals surface area contributed by atoms with Crippen molar-refractivity contribution < 1.29 is 13.2 Å². The van der Waals surface area contributed by atoms with Crippen molar-refractivity contribution in [2.24, 2.45) is 5.73 Å². The lowest BCUT2D eigenvalue weighted by Gasteiger charge is -2.18. The van der Waals surface area contributed by atoms with E-state index in [0.29, 0.717) is 12.1 Å². The van der Waals surface area contributed by atoms with Gasteiger partial charge >= 0.3 is 0 Å². The van der Waals surface area contributed by atoms with Crippen LogP contribution in [0.2, 0.25) is 0 Å². The Bertz CT molecular complexity index is 569. The molecule has 0 aromatic heterocycles. The van der Waals surface area contributed by atoms with Gasteiger partial charge in [-0.15, -0.1) is 0 Å². The predicted octanol–water partition coefficient (Wildman–Crippen LogP) is 1.34. The molecule has 0 spiro atoms. The van der Waals surface area contributed by atoms with E-state index in [2.05, 4.69) is 5.32 Å². The quantitative estimate of drug-likeness (QED) is 0.858. The molecule has 0 saturated carbocycles. The summed E-state index contributed by atoms with van der Waals surface area (Å²) < 4.78 is 23.9. The molecule has 0 radical (unpaired) electrons. The van der Waals surface area contributed by atoms with E-state index in [-0.39, 0.29) is 10.8 Å². The minimum atomic E-state index is -3.31. The second-order valence-corrected chi connectivity index (χ2v) is 8.29. The van der Waals surface area contributed by atoms with Gasteiger partial charge in [0.2, 0.25) is 0 Å². The van der Waals surface area contributed by atoms with Crippen LogP contribution in [-0.2, 0) is 9.84 Å². The molecule has 1 rings (SSSR count). The third-order valence-electron chi connectivity index (χ3n) is 2.77. The molecule has 0 heterocycles. The van der Waals surface area contributed by atoms with E-state index in [1.54, 1.807) is 13.8 Å². The smallest absolute Gasteiger partial charge is 0.251 e. The zero-order valence-electron chi connectivity index (χ0n) is 12.3. The van der Waals surface area contributed by atoms with Gasteiger partial charge in [-0.05, 0) is 52.0 Å². The number of nitrogens with one attached hydrogen (secondary N) is 1. The summed E-state index contributed by atoms with van der Waals surface area (Å²) in [5, 5.41) is 2.22. The molecule has 0 saturated heterocycles. The second kappa shape index (κ2) is 5.93. The standard InChI is InChI=1S/C14H22N2O3S/c1-10(2)20(18,19)12-7-5-11(6-8-12)13(17)16-9-14(3,4)15/h5-8,10H,9,15H2,1-4H3,(H,16,17). The largest absolute Gasteiger partial charge is 0.350 e. The predicted molar refractivity (Wildman–Crippen MR) is 79.4 cm³/mol. The minimum absolute atomic E-state index is 0.225. The monoisotopic (exact) mass is 298 g/mol. The zero-order chi connectivity index (χ0) is 15.6. The van der Waals surface area contributed by atoms with Crippen LogP contribution in [0.5, 0.6) is 0 Å². The fourth-order valence-electron chi connectivity index (χ4n) is 1.48. The molecule has 3 N–H and O–H groups in total. The Balaban J connectivity index is 2.85. The molecule has 0 aliphatic rings. The highest BCUT2D eigenvalue weighted by atomic mass is 32.2. The molecule has 1 aromatic carbocycles. The van der Waals surface area contributed by atoms with E-state index in [1.807, 2.05) is 13.8 Å². The number of nitrogens with two attached hydrogens (primary N) is 1. The molecule has 0 atom stereocenters. The molecule has 112 valence electrons. The topological polar surface area (TPSA) is 89.3 Å². The van der Waals surface area contributed by atoms with Crippen molar-refractivity contribution in [1.82, 2.24) is 5.32 Å². The lowest BCUT2D eigenvalue weighted by Crippen LogP contribution is -2.45. The summed E-state index contributed by atoms with van der Waals surface area (Å²) in [4.78, 5) is 12.1. The van der Waals surface area contributed by atoms with E-state index in [0.717, 1.165) is 0 Å². The lowest BCUT2D eigenvalue weighted by atomic mass is 10.1. The van der Waals surface area contributed by atoms with Crippen molar-refractivity contribution in [3.63, 3.8) is 0 Å². The van der Waals surface area contributed by atoms with Gasteiger partial charge in [0.15, 0.2) is 9.84 Å². The number of carbonyl (C=O) groups excluding carboxylic acids is 1. The average Bonchev–Trinajstić information content (AvgIpc) is 2.35. The van der Waals surface area contributed by atoms with Crippen LogP contribution in [0.25, 0.3) is 0 Å². The van der Waals surface area contributed by atoms with Crippen LogP contribution in [0.4, 0.5) is 0 Å². The summed E-state index contributed by atoms with van der Waals surface area (Å²) >= 11 is 0. The Hall–Kier alpha value is -1.40. The Morgan fingerprint density at radius 3 is 2.15 bits per heavy atom. The summed E-state index contributed by atoms with van der Waals surface area (Å²) in [5.74, 6) is -0.267. The van der Waals surface area contributed by atoms with E-state index in [1.165, 1.54) is 24.3 Å². The van der Waals surface area contributed by atoms with Crippen LogP contribution in [0.1, 0.15) is 38.1 Å². The Labute approximate surface area is 120 Å². The summed E-state index contributed by atoms with van der Waals surface area (Å²) in [5.41, 5.74) is 5.71. The molecule has 0 aliphatic carbocycles. The molecule has 20 heavy (non-hydrogen) atoms. The van der Waals surface area contributed by atoms with Gasteiger partial charge in [-0.1, -0.05) is 0 Å². The third kappa shape index (κ3) is 4.31. The second-order valence-electron chi connectivity index (χ2n) is 5.79. The Morgan fingerprint density at radius 2 is 1.75 bits per heavy atom. The van der Waals surface area contributed by atoms with Gasteiger partial charge in [0.25, 0.3) is 5.91 Å². The van der Waals surface area contributed by atoms with Crippen molar-refractivity contribution in [2.75, 3.05) is 6.54 Å². The molecular formula is C14H22N2O3S. The first-order valence-corrected chi connectivity index (χ1v) is 8.00. The first-order chi connectivity index (χ1) is 9.04. The lowest BCUT2D eigenvalue weighted by molar-refractivity contribution is 0.0946. The van der Waals surface area contributed by atoms with E-state index in [4.69, 9.17) is 5.73 Å². The van der Waals surface area contributed by atoms with Crippen molar-refractivity contribution in [3.8, 4) is 0 Å². The Kier molecular flexibility index (Phi) is 4.94. The highest BCUT2D eigenvalue weighted by Crippen LogP contribution is 2.16. The number of hydrogen-bond donors (Lipinski definition) is 2. The van der Waals surface area contributed by atoms with Gasteiger partial charge in [-0.25, -0.2) is 8.42 Å². The van der Waals surface area contributed by atoms with Gasteiger partial charge in [0.05, 0.1) is 10.1 Å². The van der Waals surface area contributed by atoms with Crippen molar-refractivity contribution >= 4 is 15.7 Å². The highest BCUT2D eigenvalue weighted by Gasteiger charge is 2.19. The van der Waals surface area contributed by atoms with Crippen molar-refractivity contribution in [3.05, 3.63) is 29.8 Å². The van der Waals surface area contributed by atoms with E-state index >= 15 is 0 Å². The first-order valence-electron chi connectivity index (χ1n) is 6.45. The van der Waals surface area contributed by atoms with Crippen LogP contribution in [0.15, 0.2) is 29.2 Å². The van der Waals surface area contributed by atoms with Crippen molar-refractivity contribution in [1.29, 1.82) is 0 Å². The molecule has 0 fully saturated rings.